The van der Waals surface area contributed by atoms with Gasteiger partial charge in [0.05, 0.1) is 11.0 Å². The lowest BCUT2D eigenvalue weighted by Crippen LogP contribution is -2.47. The number of hydrogen-bond acceptors (Lipinski definition) is 4. The number of carbonyl (C=O) groups excluding carboxylic acids is 2. The lowest BCUT2D eigenvalue weighted by atomic mass is 10.0. The number of nitrogens with zero attached hydrogens (tertiary/aromatic N) is 3. The number of nitrogens with one attached hydrogen (secondary N) is 2. The van der Waals surface area contributed by atoms with Crippen molar-refractivity contribution in [3.05, 3.63) is 64.6 Å². The van der Waals surface area contributed by atoms with Gasteiger partial charge in [-0.2, -0.15) is 0 Å². The Bertz CT molecular complexity index is 1160. The molecule has 0 aliphatic carbocycles. The van der Waals surface area contributed by atoms with Crippen molar-refractivity contribution in [1.29, 1.82) is 0 Å². The molecule has 0 bridgehead atoms. The van der Waals surface area contributed by atoms with Crippen molar-refractivity contribution < 1.29 is 9.59 Å². The summed E-state index contributed by atoms with van der Waals surface area (Å²) in [5.74, 6) is -1.34. The summed E-state index contributed by atoms with van der Waals surface area (Å²) in [5.41, 5.74) is 3.06. The summed E-state index contributed by atoms with van der Waals surface area (Å²) in [4.78, 5) is 39.2. The first kappa shape index (κ1) is 20.9. The fourth-order valence-corrected chi connectivity index (χ4v) is 4.10. The normalized spacial score (nSPS) is 15.2. The molecule has 1 aliphatic rings. The first-order valence-electron chi connectivity index (χ1n) is 10.5. The van der Waals surface area contributed by atoms with E-state index in [1.807, 2.05) is 18.2 Å². The summed E-state index contributed by atoms with van der Waals surface area (Å²) in [6.07, 6.45) is 1.62. The second-order valence-corrected chi connectivity index (χ2v) is 8.07. The third-order valence-corrected chi connectivity index (χ3v) is 5.91. The number of hydrogen-bond donors (Lipinski definition) is 2. The summed E-state index contributed by atoms with van der Waals surface area (Å²) >= 11 is 0. The molecule has 0 saturated carbocycles. The van der Waals surface area contributed by atoms with E-state index in [2.05, 4.69) is 27.7 Å². The van der Waals surface area contributed by atoms with Crippen LogP contribution < -0.4 is 16.3 Å². The van der Waals surface area contributed by atoms with Gasteiger partial charge in [-0.25, -0.2) is 4.79 Å². The zero-order valence-corrected chi connectivity index (χ0v) is 17.8. The van der Waals surface area contributed by atoms with Crippen LogP contribution in [0.3, 0.4) is 0 Å². The molecule has 2 heterocycles. The van der Waals surface area contributed by atoms with E-state index in [9.17, 15) is 14.4 Å². The Morgan fingerprint density at radius 1 is 0.935 bits per heavy atom. The Labute approximate surface area is 180 Å². The Balaban J connectivity index is 1.30. The molecule has 3 aromatic rings. The standard InChI is InChI=1S/C23H27N5O3/c1-26-19-9-8-18(14-20(19)27(2)23(26)31)25-22(30)21(29)24-17-10-12-28(13-11-17)15-16-6-4-3-5-7-16/h3-9,14,17H,10-13,15H2,1-2H3,(H,24,29)(H,25,30). The fourth-order valence-electron chi connectivity index (χ4n) is 4.10. The molecule has 31 heavy (non-hydrogen) atoms. The maximum absolute atomic E-state index is 12.4. The van der Waals surface area contributed by atoms with Gasteiger partial charge in [0.1, 0.15) is 0 Å². The number of aromatic nitrogens is 2. The van der Waals surface area contributed by atoms with Gasteiger partial charge in [0, 0.05) is 45.5 Å². The van der Waals surface area contributed by atoms with E-state index >= 15 is 0 Å². The molecule has 8 nitrogen and oxygen atoms in total. The molecule has 1 aliphatic heterocycles. The van der Waals surface area contributed by atoms with Crippen LogP contribution >= 0.6 is 0 Å². The molecule has 162 valence electrons. The van der Waals surface area contributed by atoms with Crippen LogP contribution in [0.15, 0.2) is 53.3 Å². The van der Waals surface area contributed by atoms with Gasteiger partial charge in [-0.05, 0) is 36.6 Å². The average Bonchev–Trinajstić information content (AvgIpc) is 2.99. The summed E-state index contributed by atoms with van der Waals surface area (Å²) in [7, 11) is 3.37. The Morgan fingerprint density at radius 3 is 2.32 bits per heavy atom. The minimum atomic E-state index is -0.702. The molecule has 1 fully saturated rings. The van der Waals surface area contributed by atoms with E-state index < -0.39 is 11.8 Å². The van der Waals surface area contributed by atoms with Crippen LogP contribution in [-0.4, -0.2) is 45.0 Å². The van der Waals surface area contributed by atoms with Crippen molar-refractivity contribution in [2.75, 3.05) is 18.4 Å². The first-order valence-corrected chi connectivity index (χ1v) is 10.5. The van der Waals surface area contributed by atoms with E-state index in [1.54, 1.807) is 32.3 Å². The Hall–Kier alpha value is -3.39. The number of likely N-dealkylation sites (tertiary alicyclic amines) is 1. The van der Waals surface area contributed by atoms with Crippen LogP contribution in [0.2, 0.25) is 0 Å². The molecule has 0 spiro atoms. The lowest BCUT2D eigenvalue weighted by Gasteiger charge is -2.32. The Morgan fingerprint density at radius 2 is 1.61 bits per heavy atom. The van der Waals surface area contributed by atoms with E-state index in [4.69, 9.17) is 0 Å². The lowest BCUT2D eigenvalue weighted by molar-refractivity contribution is -0.136. The SMILES string of the molecule is Cn1c(=O)n(C)c2cc(NC(=O)C(=O)NC3CCN(Cc4ccccc4)CC3)ccc21. The minimum absolute atomic E-state index is 0.0114. The summed E-state index contributed by atoms with van der Waals surface area (Å²) in [6, 6.07) is 15.4. The Kier molecular flexibility index (Phi) is 5.90. The molecular weight excluding hydrogens is 394 g/mol. The highest BCUT2D eigenvalue weighted by Gasteiger charge is 2.23. The zero-order chi connectivity index (χ0) is 22.0. The topological polar surface area (TPSA) is 88.4 Å². The maximum atomic E-state index is 12.4. The van der Waals surface area contributed by atoms with E-state index in [0.717, 1.165) is 38.0 Å². The van der Waals surface area contributed by atoms with Crippen molar-refractivity contribution in [2.45, 2.75) is 25.4 Å². The first-order chi connectivity index (χ1) is 14.9. The van der Waals surface area contributed by atoms with Gasteiger partial charge in [0.15, 0.2) is 0 Å². The quantitative estimate of drug-likeness (QED) is 0.627. The highest BCUT2D eigenvalue weighted by molar-refractivity contribution is 6.39. The number of amides is 2. The molecule has 0 radical (unpaired) electrons. The molecule has 1 saturated heterocycles. The third kappa shape index (κ3) is 4.54. The van der Waals surface area contributed by atoms with E-state index in [1.165, 1.54) is 14.7 Å². The van der Waals surface area contributed by atoms with Gasteiger partial charge in [-0.15, -0.1) is 0 Å². The van der Waals surface area contributed by atoms with Crippen LogP contribution in [-0.2, 0) is 30.2 Å². The van der Waals surface area contributed by atoms with Crippen LogP contribution in [0.25, 0.3) is 11.0 Å². The molecule has 2 aromatic carbocycles. The van der Waals surface area contributed by atoms with Gasteiger partial charge in [0.2, 0.25) is 0 Å². The smallest absolute Gasteiger partial charge is 0.328 e. The second kappa shape index (κ2) is 8.77. The van der Waals surface area contributed by atoms with Gasteiger partial charge in [0.25, 0.3) is 0 Å². The number of piperidine rings is 1. The number of benzene rings is 2. The molecule has 0 unspecified atom stereocenters. The molecular formula is C23H27N5O3. The number of anilines is 1. The third-order valence-electron chi connectivity index (χ3n) is 5.91. The molecule has 8 heteroatoms. The highest BCUT2D eigenvalue weighted by atomic mass is 16.2. The minimum Gasteiger partial charge on any atom is -0.345 e. The number of imidazole rings is 1. The predicted octanol–water partition coefficient (Wildman–Crippen LogP) is 1.60. The summed E-state index contributed by atoms with van der Waals surface area (Å²) < 4.78 is 3.05. The van der Waals surface area contributed by atoms with Crippen molar-refractivity contribution in [1.82, 2.24) is 19.4 Å². The van der Waals surface area contributed by atoms with Crippen molar-refractivity contribution in [3.63, 3.8) is 0 Å². The monoisotopic (exact) mass is 421 g/mol. The van der Waals surface area contributed by atoms with Crippen molar-refractivity contribution >= 4 is 28.5 Å². The largest absolute Gasteiger partial charge is 0.345 e. The van der Waals surface area contributed by atoms with Crippen LogP contribution in [0.1, 0.15) is 18.4 Å². The molecule has 4 rings (SSSR count). The predicted molar refractivity (Wildman–Crippen MR) is 120 cm³/mol. The number of fused-ring (bicyclic) bond motifs is 1. The van der Waals surface area contributed by atoms with E-state index in [0.29, 0.717) is 11.2 Å². The highest BCUT2D eigenvalue weighted by Crippen LogP contribution is 2.18. The summed E-state index contributed by atoms with van der Waals surface area (Å²) in [6.45, 7) is 2.65. The van der Waals surface area contributed by atoms with Gasteiger partial charge >= 0.3 is 17.5 Å². The molecule has 2 N–H and O–H groups in total. The number of aryl methyl sites for hydroxylation is 2. The molecule has 2 amide bonds. The van der Waals surface area contributed by atoms with Crippen LogP contribution in [0.5, 0.6) is 0 Å². The molecule has 0 atom stereocenters. The van der Waals surface area contributed by atoms with Crippen LogP contribution in [0, 0.1) is 0 Å². The van der Waals surface area contributed by atoms with Gasteiger partial charge in [-0.3, -0.25) is 23.6 Å². The summed E-state index contributed by atoms with van der Waals surface area (Å²) in [5, 5.41) is 5.48. The van der Waals surface area contributed by atoms with Gasteiger partial charge in [-0.1, -0.05) is 30.3 Å². The van der Waals surface area contributed by atoms with Crippen molar-refractivity contribution in [3.8, 4) is 0 Å². The van der Waals surface area contributed by atoms with Crippen LogP contribution in [0.4, 0.5) is 5.69 Å². The van der Waals surface area contributed by atoms with Gasteiger partial charge < -0.3 is 10.6 Å². The van der Waals surface area contributed by atoms with E-state index in [-0.39, 0.29) is 11.7 Å². The second-order valence-electron chi connectivity index (χ2n) is 8.07. The zero-order valence-electron chi connectivity index (χ0n) is 17.8. The number of carbonyl (C=O) groups is 2. The average molecular weight is 422 g/mol. The molecule has 1 aromatic heterocycles. The maximum Gasteiger partial charge on any atom is 0.328 e. The van der Waals surface area contributed by atoms with Crippen molar-refractivity contribution in [2.24, 2.45) is 14.1 Å². The number of rotatable bonds is 4. The fraction of sp³-hybridized carbons (Fsp3) is 0.348.